The van der Waals surface area contributed by atoms with Crippen LogP contribution in [0.5, 0.6) is 0 Å². The monoisotopic (exact) mass is 750 g/mol. The Morgan fingerprint density at radius 2 is 1.66 bits per heavy atom. The van der Waals surface area contributed by atoms with E-state index in [2.05, 4.69) is 11.6 Å². The maximum atomic E-state index is 13.6. The third kappa shape index (κ3) is 8.95. The summed E-state index contributed by atoms with van der Waals surface area (Å²) < 4.78 is 15.3. The van der Waals surface area contributed by atoms with Crippen molar-refractivity contribution in [3.05, 3.63) is 107 Å². The van der Waals surface area contributed by atoms with Crippen LogP contribution >= 0.6 is 67.7 Å². The lowest BCUT2D eigenvalue weighted by Gasteiger charge is -2.42. The molecule has 0 bridgehead atoms. The van der Waals surface area contributed by atoms with E-state index in [1.165, 1.54) is 37.8 Å². The summed E-state index contributed by atoms with van der Waals surface area (Å²) in [5.41, 5.74) is 2.89. The maximum absolute atomic E-state index is 13.6. The van der Waals surface area contributed by atoms with Gasteiger partial charge in [-0.1, -0.05) is 130 Å². The molecule has 1 saturated heterocycles. The lowest BCUT2D eigenvalue weighted by molar-refractivity contribution is -0.160. The molecule has 5 rings (SSSR count). The summed E-state index contributed by atoms with van der Waals surface area (Å²) in [4.78, 5) is 46.1. The molecule has 0 aliphatic carbocycles. The van der Waals surface area contributed by atoms with E-state index in [1.54, 1.807) is 13.8 Å². The molecule has 1 aliphatic rings. The van der Waals surface area contributed by atoms with Gasteiger partial charge in [-0.05, 0) is 42.7 Å². The van der Waals surface area contributed by atoms with Gasteiger partial charge in [-0.2, -0.15) is 0 Å². The van der Waals surface area contributed by atoms with Crippen LogP contribution in [-0.2, 0) is 23.8 Å². The van der Waals surface area contributed by atoms with E-state index in [0.29, 0.717) is 17.1 Å². The van der Waals surface area contributed by atoms with Gasteiger partial charge in [-0.25, -0.2) is 14.6 Å². The Morgan fingerprint density at radius 1 is 1.02 bits per heavy atom. The highest BCUT2D eigenvalue weighted by Gasteiger charge is 2.45. The van der Waals surface area contributed by atoms with Crippen molar-refractivity contribution in [1.29, 1.82) is 0 Å². The molecule has 4 aromatic rings. The zero-order valence-electron chi connectivity index (χ0n) is 25.1. The van der Waals surface area contributed by atoms with E-state index in [1.807, 2.05) is 78.9 Å². The number of carbonyl (C=O) groups is 3. The zero-order chi connectivity index (χ0) is 33.7. The molecule has 3 atom stereocenters. The molecule has 0 radical (unpaired) electrons. The van der Waals surface area contributed by atoms with E-state index >= 15 is 0 Å². The maximum Gasteiger partial charge on any atom is 0.509 e. The minimum atomic E-state index is -1.75. The smallest absolute Gasteiger partial charge is 0.451 e. The van der Waals surface area contributed by atoms with Crippen molar-refractivity contribution in [1.82, 2.24) is 9.88 Å². The Hall–Kier alpha value is -2.93. The fourth-order valence-corrected chi connectivity index (χ4v) is 8.47. The highest BCUT2D eigenvalue weighted by molar-refractivity contribution is 8.77. The van der Waals surface area contributed by atoms with E-state index in [4.69, 9.17) is 49.0 Å². The quantitative estimate of drug-likeness (QED) is 0.0462. The van der Waals surface area contributed by atoms with Crippen LogP contribution in [0.1, 0.15) is 42.2 Å². The first-order chi connectivity index (χ1) is 22.4. The van der Waals surface area contributed by atoms with Gasteiger partial charge in [0.2, 0.25) is 9.70 Å². The predicted molar refractivity (Wildman–Crippen MR) is 189 cm³/mol. The van der Waals surface area contributed by atoms with Crippen LogP contribution in [0.4, 0.5) is 4.79 Å². The number of benzene rings is 3. The molecular weight excluding hydrogens is 723 g/mol. The van der Waals surface area contributed by atoms with Crippen molar-refractivity contribution in [2.75, 3.05) is 13.2 Å². The van der Waals surface area contributed by atoms with E-state index < -0.39 is 40.8 Å². The molecule has 1 amide bonds. The molecule has 2 heterocycles. The SMILES string of the molecule is C=C(C)[C@H](C(=O)OC(c1ccccc1)c1ccccc1)N1C[C@H](SSc2cccc3sc(C(C)OC(=O)OCC(Cl)(Cl)Cl)nc23)C1=O. The van der Waals surface area contributed by atoms with Crippen LogP contribution in [0.3, 0.4) is 0 Å². The lowest BCUT2D eigenvalue weighted by atomic mass is 10.00. The molecule has 0 N–H and O–H groups in total. The fourth-order valence-electron chi connectivity index (χ4n) is 4.74. The minimum absolute atomic E-state index is 0.176. The van der Waals surface area contributed by atoms with Gasteiger partial charge >= 0.3 is 12.1 Å². The molecular formula is C33H29Cl3N2O6S3. The normalized spacial score (nSPS) is 16.0. The van der Waals surface area contributed by atoms with Crippen molar-refractivity contribution in [2.24, 2.45) is 0 Å². The minimum Gasteiger partial charge on any atom is -0.451 e. The van der Waals surface area contributed by atoms with Gasteiger partial charge in [0.15, 0.2) is 18.2 Å². The number of hydrogen-bond acceptors (Lipinski definition) is 10. The Kier molecular flexibility index (Phi) is 11.7. The largest absolute Gasteiger partial charge is 0.509 e. The van der Waals surface area contributed by atoms with Crippen molar-refractivity contribution < 1.29 is 28.6 Å². The summed E-state index contributed by atoms with van der Waals surface area (Å²) in [6.45, 7) is 7.30. The molecule has 246 valence electrons. The van der Waals surface area contributed by atoms with Gasteiger partial charge in [0.05, 0.1) is 10.2 Å². The number of ether oxygens (including phenoxy) is 3. The molecule has 0 spiro atoms. The summed E-state index contributed by atoms with van der Waals surface area (Å²) >= 11 is 18.2. The summed E-state index contributed by atoms with van der Waals surface area (Å²) in [5.74, 6) is -0.711. The van der Waals surface area contributed by atoms with E-state index in [9.17, 15) is 14.4 Å². The van der Waals surface area contributed by atoms with Crippen molar-refractivity contribution in [3.63, 3.8) is 0 Å². The highest BCUT2D eigenvalue weighted by atomic mass is 35.6. The highest BCUT2D eigenvalue weighted by Crippen LogP contribution is 2.44. The fraction of sp³-hybridized carbons (Fsp3) is 0.273. The predicted octanol–water partition coefficient (Wildman–Crippen LogP) is 9.11. The Balaban J connectivity index is 1.21. The lowest BCUT2D eigenvalue weighted by Crippen LogP contribution is -2.61. The number of esters is 1. The molecule has 8 nitrogen and oxygen atoms in total. The molecule has 14 heteroatoms. The van der Waals surface area contributed by atoms with E-state index in [0.717, 1.165) is 26.2 Å². The number of likely N-dealkylation sites (tertiary alicyclic amines) is 1. The molecule has 0 saturated carbocycles. The number of amides is 1. The Morgan fingerprint density at radius 3 is 2.23 bits per heavy atom. The van der Waals surface area contributed by atoms with Crippen LogP contribution in [0, 0.1) is 0 Å². The van der Waals surface area contributed by atoms with Crippen LogP contribution in [0.15, 0.2) is 95.9 Å². The first-order valence-electron chi connectivity index (χ1n) is 14.3. The average molecular weight is 752 g/mol. The third-order valence-corrected chi connectivity index (χ3v) is 11.2. The van der Waals surface area contributed by atoms with Gasteiger partial charge in [-0.3, -0.25) is 4.79 Å². The number of para-hydroxylation sites is 1. The number of hydrogen-bond donors (Lipinski definition) is 0. The summed E-state index contributed by atoms with van der Waals surface area (Å²) in [6.07, 6.45) is -2.31. The number of halogens is 3. The number of alkyl halides is 3. The third-order valence-electron chi connectivity index (χ3n) is 6.99. The summed E-state index contributed by atoms with van der Waals surface area (Å²) in [6, 6.07) is 23.8. The second-order valence-corrected chi connectivity index (χ2v) is 16.6. The number of carbonyl (C=O) groups excluding carboxylic acids is 3. The summed E-state index contributed by atoms with van der Waals surface area (Å²) in [5, 5.41) is 0.180. The first-order valence-corrected chi connectivity index (χ1v) is 18.5. The number of fused-ring (bicyclic) bond motifs is 1. The number of β-lactam (4-membered cyclic amide) rings is 1. The van der Waals surface area contributed by atoms with Crippen LogP contribution in [0.25, 0.3) is 10.2 Å². The van der Waals surface area contributed by atoms with Gasteiger partial charge < -0.3 is 19.1 Å². The van der Waals surface area contributed by atoms with Gasteiger partial charge in [0.25, 0.3) is 0 Å². The van der Waals surface area contributed by atoms with Crippen molar-refractivity contribution >= 4 is 96.0 Å². The average Bonchev–Trinajstić information content (AvgIpc) is 3.49. The van der Waals surface area contributed by atoms with Crippen LogP contribution < -0.4 is 0 Å². The number of rotatable bonds is 12. The van der Waals surface area contributed by atoms with Gasteiger partial charge in [-0.15, -0.1) is 11.3 Å². The summed E-state index contributed by atoms with van der Waals surface area (Å²) in [7, 11) is 2.82. The zero-order valence-corrected chi connectivity index (χ0v) is 29.9. The number of thiazole rings is 1. The van der Waals surface area contributed by atoms with Gasteiger partial charge in [0.1, 0.15) is 16.9 Å². The van der Waals surface area contributed by atoms with Crippen LogP contribution in [-0.4, -0.2) is 56.2 Å². The molecule has 47 heavy (non-hydrogen) atoms. The van der Waals surface area contributed by atoms with E-state index in [-0.39, 0.29) is 11.2 Å². The van der Waals surface area contributed by atoms with Crippen molar-refractivity contribution in [3.8, 4) is 0 Å². The molecule has 1 aliphatic heterocycles. The standard InChI is InChI=1S/C33H29Cl3N2O6S3/c1-19(2)27(31(40)44-28(21-11-6-4-7-12-21)22-13-8-5-9-14-22)38-17-25(30(38)39)47-46-24-16-10-15-23-26(24)37-29(45-23)20(3)43-32(41)42-18-33(34,35)36/h4-16,20,25,27-28H,1,17-18H2,2-3H3/t20?,25-,27+/m0/s1. The Bertz CT molecular complexity index is 1710. The number of nitrogens with zero attached hydrogens (tertiary/aromatic N) is 2. The molecule has 1 unspecified atom stereocenters. The molecule has 1 aromatic heterocycles. The Labute approximate surface area is 299 Å². The second-order valence-electron chi connectivity index (χ2n) is 10.6. The topological polar surface area (TPSA) is 95.0 Å². The molecule has 3 aromatic carbocycles. The second kappa shape index (κ2) is 15.5. The molecule has 1 fully saturated rings. The van der Waals surface area contributed by atoms with Crippen molar-refractivity contribution in [2.45, 2.75) is 46.0 Å². The van der Waals surface area contributed by atoms with Gasteiger partial charge in [0, 0.05) is 11.4 Å². The first kappa shape index (κ1) is 35.4. The number of aromatic nitrogens is 1. The van der Waals surface area contributed by atoms with Crippen LogP contribution in [0.2, 0.25) is 0 Å².